The maximum Gasteiger partial charge on any atom is 0.534 e. The minimum Gasteiger partial charge on any atom is -0.444 e. The molecule has 8 nitrogen and oxygen atoms in total. The fourth-order valence-corrected chi connectivity index (χ4v) is 2.33. The molecule has 0 aliphatic rings. The first kappa shape index (κ1) is 22.8. The predicted octanol–water partition coefficient (Wildman–Crippen LogP) is 3.23. The van der Waals surface area contributed by atoms with Gasteiger partial charge in [-0.25, -0.2) is 9.59 Å². The minimum atomic E-state index is -5.96. The maximum absolute atomic E-state index is 12.4. The van der Waals surface area contributed by atoms with Crippen LogP contribution in [0, 0.1) is 0 Å². The highest BCUT2D eigenvalue weighted by atomic mass is 32.2. The molecule has 1 aromatic heterocycles. The molecule has 1 atom stereocenters. The van der Waals surface area contributed by atoms with E-state index in [1.165, 1.54) is 0 Å². The Morgan fingerprint density at radius 3 is 2.33 bits per heavy atom. The standard InChI is InChI=1S/C15H20F3NO7S/c1-5-6-10(19-13(21)25-14(2,3)4)11-7-9(8-12(20)24-11)26-27(22,23)15(16,17)18/h7-8,10H,5-6H2,1-4H3,(H,19,21)/t10-/m1/s1. The molecular weight excluding hydrogens is 395 g/mol. The second kappa shape index (κ2) is 8.19. The van der Waals surface area contributed by atoms with E-state index in [9.17, 15) is 31.2 Å². The molecule has 0 aliphatic carbocycles. The van der Waals surface area contributed by atoms with Crippen molar-refractivity contribution in [2.45, 2.75) is 57.7 Å². The molecule has 12 heteroatoms. The van der Waals surface area contributed by atoms with E-state index in [2.05, 4.69) is 9.50 Å². The quantitative estimate of drug-likeness (QED) is 0.561. The zero-order valence-corrected chi connectivity index (χ0v) is 15.9. The van der Waals surface area contributed by atoms with Gasteiger partial charge in [-0.1, -0.05) is 13.3 Å². The molecule has 154 valence electrons. The Kier molecular flexibility index (Phi) is 6.92. The zero-order chi connectivity index (χ0) is 21.0. The first-order chi connectivity index (χ1) is 12.1. The molecule has 0 saturated carbocycles. The molecule has 0 aromatic carbocycles. The van der Waals surface area contributed by atoms with Crippen LogP contribution in [0.1, 0.15) is 52.3 Å². The Labute approximate surface area is 153 Å². The Morgan fingerprint density at radius 1 is 1.26 bits per heavy atom. The Balaban J connectivity index is 3.16. The smallest absolute Gasteiger partial charge is 0.444 e. The first-order valence-corrected chi connectivity index (χ1v) is 9.21. The summed E-state index contributed by atoms with van der Waals surface area (Å²) in [4.78, 5) is 23.5. The van der Waals surface area contributed by atoms with Crippen LogP contribution >= 0.6 is 0 Å². The lowest BCUT2D eigenvalue weighted by atomic mass is 10.1. The van der Waals surface area contributed by atoms with Crippen LogP contribution in [0.3, 0.4) is 0 Å². The van der Waals surface area contributed by atoms with Crippen LogP contribution in [0.4, 0.5) is 18.0 Å². The van der Waals surface area contributed by atoms with Gasteiger partial charge >= 0.3 is 27.3 Å². The molecule has 27 heavy (non-hydrogen) atoms. The summed E-state index contributed by atoms with van der Waals surface area (Å²) in [5.41, 5.74) is -7.62. The number of carbonyl (C=O) groups excluding carboxylic acids is 1. The predicted molar refractivity (Wildman–Crippen MR) is 87.6 cm³/mol. The highest BCUT2D eigenvalue weighted by Crippen LogP contribution is 2.28. The van der Waals surface area contributed by atoms with Gasteiger partial charge in [0.15, 0.2) is 5.75 Å². The van der Waals surface area contributed by atoms with Crippen molar-refractivity contribution in [2.75, 3.05) is 0 Å². The van der Waals surface area contributed by atoms with Gasteiger partial charge < -0.3 is 18.7 Å². The molecule has 0 saturated heterocycles. The lowest BCUT2D eigenvalue weighted by molar-refractivity contribution is -0.0500. The Bertz CT molecular complexity index is 825. The van der Waals surface area contributed by atoms with E-state index in [0.29, 0.717) is 12.5 Å². The van der Waals surface area contributed by atoms with Crippen LogP contribution in [-0.4, -0.2) is 25.6 Å². The topological polar surface area (TPSA) is 112 Å². The monoisotopic (exact) mass is 415 g/mol. The molecule has 1 N–H and O–H groups in total. The van der Waals surface area contributed by atoms with Crippen LogP contribution in [-0.2, 0) is 14.9 Å². The van der Waals surface area contributed by atoms with E-state index in [1.807, 2.05) is 0 Å². The number of carbonyl (C=O) groups is 1. The first-order valence-electron chi connectivity index (χ1n) is 7.80. The van der Waals surface area contributed by atoms with E-state index in [-0.39, 0.29) is 12.2 Å². The van der Waals surface area contributed by atoms with Crippen molar-refractivity contribution >= 4 is 16.2 Å². The summed E-state index contributed by atoms with van der Waals surface area (Å²) in [7, 11) is -5.96. The average Bonchev–Trinajstić information content (AvgIpc) is 2.42. The third kappa shape index (κ3) is 7.12. The largest absolute Gasteiger partial charge is 0.534 e. The van der Waals surface area contributed by atoms with E-state index in [4.69, 9.17) is 9.15 Å². The van der Waals surface area contributed by atoms with Gasteiger partial charge in [-0.15, -0.1) is 0 Å². The average molecular weight is 415 g/mol. The van der Waals surface area contributed by atoms with E-state index >= 15 is 0 Å². The molecule has 1 heterocycles. The SMILES string of the molecule is CCC[C@@H](NC(=O)OC(C)(C)C)c1cc(OS(=O)(=O)C(F)(F)F)cc(=O)o1. The second-order valence-electron chi connectivity index (χ2n) is 6.49. The fraction of sp³-hybridized carbons (Fsp3) is 0.600. The van der Waals surface area contributed by atoms with E-state index in [1.54, 1.807) is 27.7 Å². The number of alkyl halides is 3. The molecule has 0 unspecified atom stereocenters. The van der Waals surface area contributed by atoms with Crippen LogP contribution in [0.2, 0.25) is 0 Å². The summed E-state index contributed by atoms with van der Waals surface area (Å²) in [6.45, 7) is 6.62. The summed E-state index contributed by atoms with van der Waals surface area (Å²) < 4.78 is 73.4. The maximum atomic E-state index is 12.4. The van der Waals surface area contributed by atoms with Crippen LogP contribution in [0.5, 0.6) is 5.75 Å². The number of nitrogens with one attached hydrogen (secondary N) is 1. The molecule has 0 fully saturated rings. The van der Waals surface area contributed by atoms with Gasteiger partial charge in [0.25, 0.3) is 0 Å². The number of rotatable bonds is 6. The van der Waals surface area contributed by atoms with Crippen molar-refractivity contribution in [3.8, 4) is 5.75 Å². The number of hydrogen-bond acceptors (Lipinski definition) is 7. The van der Waals surface area contributed by atoms with Gasteiger partial charge in [0.2, 0.25) is 0 Å². The normalized spacial score (nSPS) is 13.7. The molecule has 1 aromatic rings. The van der Waals surface area contributed by atoms with Gasteiger partial charge in [0.05, 0.1) is 12.1 Å². The van der Waals surface area contributed by atoms with Crippen molar-refractivity contribution < 1.29 is 39.7 Å². The van der Waals surface area contributed by atoms with Crippen molar-refractivity contribution in [1.29, 1.82) is 0 Å². The van der Waals surface area contributed by atoms with Crippen LogP contribution in [0.15, 0.2) is 21.3 Å². The van der Waals surface area contributed by atoms with Gasteiger partial charge in [0.1, 0.15) is 11.4 Å². The summed E-state index contributed by atoms with van der Waals surface area (Å²) in [5, 5.41) is 2.42. The zero-order valence-electron chi connectivity index (χ0n) is 15.0. The van der Waals surface area contributed by atoms with Gasteiger partial charge in [-0.05, 0) is 27.2 Å². The van der Waals surface area contributed by atoms with Crippen LogP contribution in [0.25, 0.3) is 0 Å². The van der Waals surface area contributed by atoms with Crippen molar-refractivity contribution in [1.82, 2.24) is 5.32 Å². The molecule has 1 rings (SSSR count). The molecule has 0 spiro atoms. The highest BCUT2D eigenvalue weighted by Gasteiger charge is 2.48. The number of halogens is 3. The third-order valence-electron chi connectivity index (χ3n) is 2.86. The second-order valence-corrected chi connectivity index (χ2v) is 8.02. The molecule has 0 bridgehead atoms. The number of hydrogen-bond donors (Lipinski definition) is 1. The summed E-state index contributed by atoms with van der Waals surface area (Å²) in [6, 6.07) is 0.292. The van der Waals surface area contributed by atoms with Crippen molar-refractivity contribution in [2.24, 2.45) is 0 Å². The van der Waals surface area contributed by atoms with Crippen molar-refractivity contribution in [3.05, 3.63) is 28.3 Å². The lowest BCUT2D eigenvalue weighted by Crippen LogP contribution is -2.35. The van der Waals surface area contributed by atoms with Gasteiger partial charge in [-0.2, -0.15) is 21.6 Å². The number of ether oxygens (including phenoxy) is 1. The third-order valence-corrected chi connectivity index (χ3v) is 3.84. The summed E-state index contributed by atoms with van der Waals surface area (Å²) in [5.74, 6) is -1.16. The van der Waals surface area contributed by atoms with Crippen molar-refractivity contribution in [3.63, 3.8) is 0 Å². The Morgan fingerprint density at radius 2 is 1.85 bits per heavy atom. The van der Waals surface area contributed by atoms with E-state index in [0.717, 1.165) is 6.07 Å². The number of alkyl carbamates (subject to hydrolysis) is 1. The van der Waals surface area contributed by atoms with Gasteiger partial charge in [-0.3, -0.25) is 0 Å². The molecule has 1 amide bonds. The molecular formula is C15H20F3NO7S. The van der Waals surface area contributed by atoms with Crippen LogP contribution < -0.4 is 15.1 Å². The summed E-state index contributed by atoms with van der Waals surface area (Å²) >= 11 is 0. The molecule has 0 radical (unpaired) electrons. The van der Waals surface area contributed by atoms with E-state index < -0.39 is 44.7 Å². The minimum absolute atomic E-state index is 0.234. The Hall–Kier alpha value is -2.24. The highest BCUT2D eigenvalue weighted by molar-refractivity contribution is 7.88. The lowest BCUT2D eigenvalue weighted by Gasteiger charge is -2.23. The summed E-state index contributed by atoms with van der Waals surface area (Å²) in [6.07, 6.45) is -0.119. The van der Waals surface area contributed by atoms with Gasteiger partial charge in [0, 0.05) is 6.07 Å². The molecule has 0 aliphatic heterocycles. The number of amides is 1. The fourth-order valence-electron chi connectivity index (χ4n) is 1.89.